The van der Waals surface area contributed by atoms with Crippen LogP contribution in [-0.2, 0) is 6.54 Å². The van der Waals surface area contributed by atoms with Crippen LogP contribution in [0.2, 0.25) is 0 Å². The van der Waals surface area contributed by atoms with Crippen LogP contribution < -0.4 is 5.32 Å². The molecule has 0 unspecified atom stereocenters. The van der Waals surface area contributed by atoms with Gasteiger partial charge in [0, 0.05) is 18.3 Å². The summed E-state index contributed by atoms with van der Waals surface area (Å²) in [6, 6.07) is 15.4. The lowest BCUT2D eigenvalue weighted by molar-refractivity contribution is 0.0849. The summed E-state index contributed by atoms with van der Waals surface area (Å²) in [6.07, 6.45) is 2.52. The summed E-state index contributed by atoms with van der Waals surface area (Å²) in [6.45, 7) is 0.372. The van der Waals surface area contributed by atoms with E-state index in [0.29, 0.717) is 30.6 Å². The molecule has 0 saturated heterocycles. The Morgan fingerprint density at radius 1 is 1.15 bits per heavy atom. The first-order valence-corrected chi connectivity index (χ1v) is 9.09. The second-order valence-electron chi connectivity index (χ2n) is 6.88. The van der Waals surface area contributed by atoms with Crippen LogP contribution in [-0.4, -0.2) is 33.3 Å². The molecule has 1 saturated carbocycles. The van der Waals surface area contributed by atoms with Crippen molar-refractivity contribution in [3.63, 3.8) is 0 Å². The van der Waals surface area contributed by atoms with Crippen molar-refractivity contribution in [3.8, 4) is 11.8 Å². The average Bonchev–Trinajstić information content (AvgIpc) is 2.67. The summed E-state index contributed by atoms with van der Waals surface area (Å²) in [5.41, 5.74) is 2.00. The molecule has 0 aliphatic heterocycles. The monoisotopic (exact) mass is 365 g/mol. The van der Waals surface area contributed by atoms with Gasteiger partial charge in [-0.15, -0.1) is 0 Å². The number of nitrogens with one attached hydrogen (secondary N) is 1. The molecule has 6 heteroatoms. The van der Waals surface area contributed by atoms with Crippen molar-refractivity contribution in [2.75, 3.05) is 5.32 Å². The van der Waals surface area contributed by atoms with E-state index in [1.165, 1.54) is 0 Å². The summed E-state index contributed by atoms with van der Waals surface area (Å²) >= 11 is 0. The second-order valence-corrected chi connectivity index (χ2v) is 6.88. The summed E-state index contributed by atoms with van der Waals surface area (Å²) in [4.78, 5) is 14.7. The molecule has 3 N–H and O–H groups in total. The first-order chi connectivity index (χ1) is 13.0. The van der Waals surface area contributed by atoms with E-state index in [0.717, 1.165) is 18.4 Å². The zero-order valence-corrected chi connectivity index (χ0v) is 15.0. The van der Waals surface area contributed by atoms with Gasteiger partial charge >= 0.3 is 6.03 Å². The van der Waals surface area contributed by atoms with Crippen LogP contribution >= 0.6 is 0 Å². The first-order valence-electron chi connectivity index (χ1n) is 9.09. The van der Waals surface area contributed by atoms with Crippen LogP contribution in [0.15, 0.2) is 48.5 Å². The number of benzene rings is 2. The Bertz CT molecular complexity index is 821. The van der Waals surface area contributed by atoms with Crippen LogP contribution in [0.3, 0.4) is 0 Å². The van der Waals surface area contributed by atoms with E-state index in [-0.39, 0.29) is 23.9 Å². The van der Waals surface area contributed by atoms with Gasteiger partial charge in [0.1, 0.15) is 5.75 Å². The molecule has 2 aromatic carbocycles. The molecule has 2 aromatic rings. The maximum absolute atomic E-state index is 13.0. The Labute approximate surface area is 158 Å². The molecule has 2 amide bonds. The number of urea groups is 1. The Morgan fingerprint density at radius 2 is 1.85 bits per heavy atom. The maximum atomic E-state index is 13.0. The molecule has 1 aliphatic carbocycles. The van der Waals surface area contributed by atoms with Gasteiger partial charge in [0.2, 0.25) is 0 Å². The van der Waals surface area contributed by atoms with Crippen molar-refractivity contribution >= 4 is 11.7 Å². The Kier molecular flexibility index (Phi) is 5.94. The van der Waals surface area contributed by atoms with E-state index in [9.17, 15) is 15.0 Å². The minimum absolute atomic E-state index is 0.0223. The summed E-state index contributed by atoms with van der Waals surface area (Å²) in [7, 11) is 0. The van der Waals surface area contributed by atoms with Gasteiger partial charge < -0.3 is 20.4 Å². The number of carbonyl (C=O) groups excluding carboxylic acids is 1. The number of carbonyl (C=O) groups is 1. The van der Waals surface area contributed by atoms with E-state index < -0.39 is 0 Å². The molecule has 0 radical (unpaired) electrons. The lowest BCUT2D eigenvalue weighted by Crippen LogP contribution is -2.44. The normalized spacial score (nSPS) is 19.1. The quantitative estimate of drug-likeness (QED) is 0.771. The number of aliphatic hydroxyl groups is 1. The molecule has 0 spiro atoms. The maximum Gasteiger partial charge on any atom is 0.322 e. The highest BCUT2D eigenvalue weighted by atomic mass is 16.3. The van der Waals surface area contributed by atoms with Gasteiger partial charge in [-0.3, -0.25) is 0 Å². The molecule has 1 aliphatic rings. The van der Waals surface area contributed by atoms with E-state index in [2.05, 4.69) is 11.4 Å². The van der Waals surface area contributed by atoms with Crippen molar-refractivity contribution in [1.29, 1.82) is 5.26 Å². The third kappa shape index (κ3) is 4.99. The second kappa shape index (κ2) is 8.56. The number of hydrogen-bond donors (Lipinski definition) is 3. The zero-order valence-electron chi connectivity index (χ0n) is 15.0. The number of anilines is 1. The predicted octanol–water partition coefficient (Wildman–Crippen LogP) is 3.60. The third-order valence-corrected chi connectivity index (χ3v) is 4.90. The van der Waals surface area contributed by atoms with Gasteiger partial charge in [-0.2, -0.15) is 5.26 Å². The van der Waals surface area contributed by atoms with Gasteiger partial charge in [-0.25, -0.2) is 4.79 Å². The van der Waals surface area contributed by atoms with Crippen molar-refractivity contribution in [3.05, 3.63) is 59.7 Å². The van der Waals surface area contributed by atoms with Crippen LogP contribution in [0.4, 0.5) is 10.5 Å². The smallest absolute Gasteiger partial charge is 0.322 e. The highest BCUT2D eigenvalue weighted by Gasteiger charge is 2.28. The van der Waals surface area contributed by atoms with Gasteiger partial charge in [0.05, 0.1) is 17.7 Å². The molecule has 0 atom stereocenters. The third-order valence-electron chi connectivity index (χ3n) is 4.90. The molecule has 0 bridgehead atoms. The molecule has 140 valence electrons. The molecule has 6 nitrogen and oxygen atoms in total. The molecule has 27 heavy (non-hydrogen) atoms. The van der Waals surface area contributed by atoms with Gasteiger partial charge in [-0.05, 0) is 67.6 Å². The minimum Gasteiger partial charge on any atom is -0.508 e. The highest BCUT2D eigenvalue weighted by Crippen LogP contribution is 2.26. The molecular weight excluding hydrogens is 342 g/mol. The van der Waals surface area contributed by atoms with E-state index in [1.54, 1.807) is 47.4 Å². The Hall–Kier alpha value is -3.04. The first kappa shape index (κ1) is 18.7. The van der Waals surface area contributed by atoms with Crippen LogP contribution in [0.25, 0.3) is 0 Å². The fourth-order valence-corrected chi connectivity index (χ4v) is 3.41. The van der Waals surface area contributed by atoms with Gasteiger partial charge in [0.25, 0.3) is 0 Å². The zero-order chi connectivity index (χ0) is 19.2. The average molecular weight is 365 g/mol. The van der Waals surface area contributed by atoms with Crippen LogP contribution in [0, 0.1) is 11.3 Å². The number of aromatic hydroxyl groups is 1. The molecule has 1 fully saturated rings. The fraction of sp³-hybridized carbons (Fsp3) is 0.333. The SMILES string of the molecule is N#Cc1ccc(NC(=O)N(Cc2cccc(O)c2)C2CCC(O)CC2)cc1. The van der Waals surface area contributed by atoms with Gasteiger partial charge in [-0.1, -0.05) is 12.1 Å². The predicted molar refractivity (Wildman–Crippen MR) is 102 cm³/mol. The molecule has 0 heterocycles. The number of phenols is 1. The topological polar surface area (TPSA) is 96.6 Å². The van der Waals surface area contributed by atoms with Crippen molar-refractivity contribution in [2.45, 2.75) is 44.4 Å². The molecule has 3 rings (SSSR count). The number of amides is 2. The number of rotatable bonds is 4. The summed E-state index contributed by atoms with van der Waals surface area (Å²) < 4.78 is 0. The van der Waals surface area contributed by atoms with Gasteiger partial charge in [0.15, 0.2) is 0 Å². The Balaban J connectivity index is 1.77. The standard InChI is InChI=1S/C21H23N3O3/c22-13-15-4-6-17(7-5-15)23-21(27)24(18-8-10-19(25)11-9-18)14-16-2-1-3-20(26)12-16/h1-7,12,18-19,25-26H,8-11,14H2,(H,23,27). The summed E-state index contributed by atoms with van der Waals surface area (Å²) in [5, 5.41) is 31.3. The molecular formula is C21H23N3O3. The van der Waals surface area contributed by atoms with E-state index in [1.807, 2.05) is 6.07 Å². The summed E-state index contributed by atoms with van der Waals surface area (Å²) in [5.74, 6) is 0.166. The van der Waals surface area contributed by atoms with Crippen molar-refractivity contribution < 1.29 is 15.0 Å². The van der Waals surface area contributed by atoms with Crippen molar-refractivity contribution in [2.24, 2.45) is 0 Å². The van der Waals surface area contributed by atoms with Crippen molar-refractivity contribution in [1.82, 2.24) is 4.90 Å². The highest BCUT2D eigenvalue weighted by molar-refractivity contribution is 5.89. The minimum atomic E-state index is -0.301. The Morgan fingerprint density at radius 3 is 2.48 bits per heavy atom. The largest absolute Gasteiger partial charge is 0.508 e. The fourth-order valence-electron chi connectivity index (χ4n) is 3.41. The van der Waals surface area contributed by atoms with E-state index >= 15 is 0 Å². The lowest BCUT2D eigenvalue weighted by atomic mass is 9.92. The number of nitrogens with zero attached hydrogens (tertiary/aromatic N) is 2. The number of aliphatic hydroxyl groups excluding tert-OH is 1. The number of phenolic OH excluding ortho intramolecular Hbond substituents is 1. The number of nitriles is 1. The molecule has 0 aromatic heterocycles. The lowest BCUT2D eigenvalue weighted by Gasteiger charge is -2.36. The van der Waals surface area contributed by atoms with Crippen LogP contribution in [0.5, 0.6) is 5.75 Å². The number of hydrogen-bond acceptors (Lipinski definition) is 4. The van der Waals surface area contributed by atoms with Crippen LogP contribution in [0.1, 0.15) is 36.8 Å². The van der Waals surface area contributed by atoms with E-state index in [4.69, 9.17) is 5.26 Å².